The summed E-state index contributed by atoms with van der Waals surface area (Å²) in [6.07, 6.45) is -4.78. The lowest BCUT2D eigenvalue weighted by molar-refractivity contribution is -0.318. The molecule has 1 rings (SSSR count). The van der Waals surface area contributed by atoms with Crippen LogP contribution in [0.1, 0.15) is 0 Å². The summed E-state index contributed by atoms with van der Waals surface area (Å²) in [5.74, 6) is -21.6. The summed E-state index contributed by atoms with van der Waals surface area (Å²) in [7, 11) is 0.844. The van der Waals surface area contributed by atoms with Crippen LogP contribution in [0.25, 0.3) is 0 Å². The number of carbonyl (C=O) groups is 2. The normalized spacial score (nSPS) is 18.6. The number of amides is 1. The second-order valence-electron chi connectivity index (χ2n) is 3.93. The molecular weight excluding hydrogens is 366 g/mol. The summed E-state index contributed by atoms with van der Waals surface area (Å²) in [5, 5.41) is -2.14. The van der Waals surface area contributed by atoms with Crippen LogP contribution in [0.15, 0.2) is 16.0 Å². The van der Waals surface area contributed by atoms with E-state index in [1.54, 1.807) is 0 Å². The molecule has 23 heavy (non-hydrogen) atoms. The van der Waals surface area contributed by atoms with Gasteiger partial charge in [0.1, 0.15) is 0 Å². The van der Waals surface area contributed by atoms with Crippen LogP contribution in [0.5, 0.6) is 0 Å². The van der Waals surface area contributed by atoms with Crippen LogP contribution in [0.2, 0.25) is 0 Å². The van der Waals surface area contributed by atoms with Crippen molar-refractivity contribution in [3.8, 4) is 0 Å². The fourth-order valence-electron chi connectivity index (χ4n) is 1.19. The minimum Gasteiger partial charge on any atom is -0.466 e. The molecule has 1 aliphatic rings. The van der Waals surface area contributed by atoms with E-state index in [1.807, 2.05) is 0 Å². The van der Waals surface area contributed by atoms with Gasteiger partial charge < -0.3 is 4.74 Å². The van der Waals surface area contributed by atoms with Gasteiger partial charge in [0.05, 0.1) is 12.0 Å². The lowest BCUT2D eigenvalue weighted by atomic mass is 10.1. The van der Waals surface area contributed by atoms with Gasteiger partial charge in [0.2, 0.25) is 0 Å². The molecule has 0 saturated heterocycles. The monoisotopic (exact) mass is 371 g/mol. The summed E-state index contributed by atoms with van der Waals surface area (Å²) >= 11 is -0.523. The number of hydrogen-bond donors (Lipinski definition) is 0. The molecule has 0 aromatic rings. The molecule has 0 aliphatic carbocycles. The van der Waals surface area contributed by atoms with Crippen molar-refractivity contribution >= 4 is 28.7 Å². The van der Waals surface area contributed by atoms with Crippen molar-refractivity contribution in [3.05, 3.63) is 11.0 Å². The number of hydrogen-bond acceptors (Lipinski definition) is 4. The third-order valence-electron chi connectivity index (χ3n) is 2.43. The van der Waals surface area contributed by atoms with Crippen LogP contribution >= 0.6 is 11.8 Å². The average Bonchev–Trinajstić information content (AvgIpc) is 2.79. The predicted molar refractivity (Wildman–Crippen MR) is 61.0 cm³/mol. The maximum absolute atomic E-state index is 13.5. The minimum atomic E-state index is -6.53. The Hall–Kier alpha value is -1.66. The topological polar surface area (TPSA) is 55.7 Å². The fourth-order valence-corrected chi connectivity index (χ4v) is 2.07. The molecule has 0 fully saturated rings. The van der Waals surface area contributed by atoms with E-state index >= 15 is 0 Å². The number of ether oxygens (including phenoxy) is 1. The third kappa shape index (κ3) is 3.19. The first-order chi connectivity index (χ1) is 10.3. The summed E-state index contributed by atoms with van der Waals surface area (Å²) in [6.45, 7) is 0. The Morgan fingerprint density at radius 1 is 1.22 bits per heavy atom. The highest BCUT2D eigenvalue weighted by Gasteiger charge is 2.77. The van der Waals surface area contributed by atoms with E-state index in [9.17, 15) is 44.7 Å². The number of esters is 1. The zero-order valence-electron chi connectivity index (χ0n) is 10.8. The van der Waals surface area contributed by atoms with E-state index in [1.165, 1.54) is 0 Å². The summed E-state index contributed by atoms with van der Waals surface area (Å²) < 4.78 is 107. The molecule has 130 valence electrons. The number of aliphatic imine (C=N–C) groups is 1. The predicted octanol–water partition coefficient (Wildman–Crippen LogP) is 2.89. The van der Waals surface area contributed by atoms with Crippen molar-refractivity contribution in [2.24, 2.45) is 4.99 Å². The van der Waals surface area contributed by atoms with Gasteiger partial charge >= 0.3 is 30.2 Å². The van der Waals surface area contributed by atoms with Gasteiger partial charge in [0.25, 0.3) is 5.91 Å². The quantitative estimate of drug-likeness (QED) is 0.424. The number of thioether (sulfide) groups is 1. The molecule has 13 heteroatoms. The van der Waals surface area contributed by atoms with Crippen LogP contribution in [0.4, 0.5) is 35.1 Å². The molecule has 1 amide bonds. The fraction of sp³-hybridized carbons (Fsp3) is 0.500. The van der Waals surface area contributed by atoms with Gasteiger partial charge in [-0.3, -0.25) is 4.79 Å². The third-order valence-corrected chi connectivity index (χ3v) is 3.48. The lowest BCUT2D eigenvalue weighted by Crippen LogP contribution is -2.59. The van der Waals surface area contributed by atoms with E-state index < -0.39 is 57.8 Å². The molecule has 1 heterocycles. The van der Waals surface area contributed by atoms with Crippen LogP contribution in [0.3, 0.4) is 0 Å². The van der Waals surface area contributed by atoms with Gasteiger partial charge in [-0.25, -0.2) is 13.6 Å². The lowest BCUT2D eigenvalue weighted by Gasteiger charge is -2.31. The molecule has 0 spiro atoms. The van der Waals surface area contributed by atoms with Crippen molar-refractivity contribution in [1.29, 1.82) is 0 Å². The molecule has 0 aromatic heterocycles. The van der Waals surface area contributed by atoms with Crippen LogP contribution in [0, 0.1) is 0 Å². The maximum atomic E-state index is 13.5. The van der Waals surface area contributed by atoms with Crippen LogP contribution < -0.4 is 0 Å². The highest BCUT2D eigenvalue weighted by atomic mass is 32.2. The van der Waals surface area contributed by atoms with Gasteiger partial charge in [-0.05, 0) is 0 Å². The Morgan fingerprint density at radius 3 is 2.17 bits per heavy atom. The minimum absolute atomic E-state index is 0.309. The molecule has 4 nitrogen and oxygen atoms in total. The number of nitrogens with zero attached hydrogens (tertiary/aromatic N) is 1. The van der Waals surface area contributed by atoms with Gasteiger partial charge in [0, 0.05) is 6.08 Å². The molecule has 0 saturated carbocycles. The van der Waals surface area contributed by atoms with Gasteiger partial charge in [-0.15, -0.1) is 0 Å². The summed E-state index contributed by atoms with van der Waals surface area (Å²) in [4.78, 5) is 23.6. The van der Waals surface area contributed by atoms with Gasteiger partial charge in [-0.1, -0.05) is 11.8 Å². The van der Waals surface area contributed by atoms with Crippen LogP contribution in [-0.2, 0) is 14.3 Å². The first-order valence-corrected chi connectivity index (χ1v) is 6.13. The molecule has 0 bridgehead atoms. The second kappa shape index (κ2) is 6.09. The Bertz CT molecular complexity index is 587. The molecule has 0 N–H and O–H groups in total. The number of alkyl halides is 8. The Balaban J connectivity index is 3.21. The zero-order chi connectivity index (χ0) is 18.2. The van der Waals surface area contributed by atoms with Crippen molar-refractivity contribution < 1.29 is 49.4 Å². The summed E-state index contributed by atoms with van der Waals surface area (Å²) in [6, 6.07) is 0. The zero-order valence-corrected chi connectivity index (χ0v) is 11.6. The average molecular weight is 371 g/mol. The number of rotatable bonds is 5. The standard InChI is InChI=1S/C10H5F8NO3S/c1-22-4(20)2-3-5(21)19-7(23-3)9(15,16)10(17,18)8(13,14)6(11)12/h2,6H,1H3/b3-2-. The van der Waals surface area contributed by atoms with E-state index in [4.69, 9.17) is 0 Å². The molecule has 0 aromatic carbocycles. The highest BCUT2D eigenvalue weighted by molar-refractivity contribution is 8.18. The summed E-state index contributed by atoms with van der Waals surface area (Å²) in [5.41, 5.74) is 0. The van der Waals surface area contributed by atoms with E-state index in [0.717, 1.165) is 7.11 Å². The molecule has 0 unspecified atom stereocenters. The van der Waals surface area contributed by atoms with Gasteiger partial charge in [-0.2, -0.15) is 31.3 Å². The number of carbonyl (C=O) groups excluding carboxylic acids is 2. The SMILES string of the molecule is COC(=O)/C=C1\SC(C(F)(F)C(F)(F)C(F)(F)C(F)F)=NC1=O. The van der Waals surface area contributed by atoms with Crippen molar-refractivity contribution in [2.75, 3.05) is 7.11 Å². The molecule has 0 radical (unpaired) electrons. The largest absolute Gasteiger partial charge is 0.466 e. The molecular formula is C10H5F8NO3S. The molecule has 0 atom stereocenters. The Kier molecular flexibility index (Phi) is 5.13. The van der Waals surface area contributed by atoms with Crippen LogP contribution in [-0.4, -0.2) is 48.2 Å². The van der Waals surface area contributed by atoms with Crippen molar-refractivity contribution in [3.63, 3.8) is 0 Å². The van der Waals surface area contributed by atoms with E-state index in [2.05, 4.69) is 9.73 Å². The maximum Gasteiger partial charge on any atom is 0.384 e. The highest BCUT2D eigenvalue weighted by Crippen LogP contribution is 2.52. The van der Waals surface area contributed by atoms with E-state index in [0.29, 0.717) is 6.08 Å². The van der Waals surface area contributed by atoms with E-state index in [-0.39, 0.29) is 0 Å². The molecule has 1 aliphatic heterocycles. The van der Waals surface area contributed by atoms with Crippen molar-refractivity contribution in [2.45, 2.75) is 24.2 Å². The first kappa shape index (κ1) is 19.4. The Labute approximate surface area is 126 Å². The number of methoxy groups -OCH3 is 1. The smallest absolute Gasteiger partial charge is 0.384 e. The first-order valence-electron chi connectivity index (χ1n) is 5.31. The number of halogens is 8. The van der Waals surface area contributed by atoms with Crippen molar-refractivity contribution in [1.82, 2.24) is 0 Å². The Morgan fingerprint density at radius 2 is 1.74 bits per heavy atom. The van der Waals surface area contributed by atoms with Gasteiger partial charge in [0.15, 0.2) is 5.04 Å². The second-order valence-corrected chi connectivity index (χ2v) is 4.96.